The van der Waals surface area contributed by atoms with Gasteiger partial charge in [0.05, 0.1) is 29.0 Å². The van der Waals surface area contributed by atoms with Crippen LogP contribution in [0.4, 0.5) is 10.5 Å². The van der Waals surface area contributed by atoms with Gasteiger partial charge in [-0.2, -0.15) is 0 Å². The number of rotatable bonds is 9. The number of hydrogen-bond acceptors (Lipinski definition) is 8. The van der Waals surface area contributed by atoms with Crippen molar-refractivity contribution in [3.05, 3.63) is 63.9 Å². The van der Waals surface area contributed by atoms with Crippen molar-refractivity contribution in [3.8, 4) is 0 Å². The Hall–Kier alpha value is -3.51. The highest BCUT2D eigenvalue weighted by Crippen LogP contribution is 2.49. The van der Waals surface area contributed by atoms with E-state index in [1.807, 2.05) is 26.6 Å². The molecule has 4 atom stereocenters. The van der Waals surface area contributed by atoms with E-state index in [1.54, 1.807) is 4.90 Å². The first-order valence-corrected chi connectivity index (χ1v) is 16.0. The van der Waals surface area contributed by atoms with Crippen molar-refractivity contribution >= 4 is 32.0 Å². The zero-order chi connectivity index (χ0) is 27.8. The van der Waals surface area contributed by atoms with Gasteiger partial charge in [0.15, 0.2) is 8.32 Å². The molecule has 0 saturated carbocycles. The van der Waals surface area contributed by atoms with Crippen molar-refractivity contribution in [3.63, 3.8) is 0 Å². The fourth-order valence-electron chi connectivity index (χ4n) is 5.54. The van der Waals surface area contributed by atoms with E-state index in [4.69, 9.17) is 13.9 Å². The third kappa shape index (κ3) is 5.23. The van der Waals surface area contributed by atoms with Crippen LogP contribution in [0.25, 0.3) is 0 Å². The van der Waals surface area contributed by atoms with Gasteiger partial charge in [0, 0.05) is 18.7 Å². The van der Waals surface area contributed by atoms with Gasteiger partial charge in [0.1, 0.15) is 18.9 Å². The molecule has 2 amide bonds. The normalized spacial score (nSPS) is 23.3. The molecule has 3 aliphatic heterocycles. The van der Waals surface area contributed by atoms with Gasteiger partial charge >= 0.3 is 12.1 Å². The number of nitro groups is 1. The molecule has 0 unspecified atom stereocenters. The lowest BCUT2D eigenvalue weighted by Crippen LogP contribution is -2.69. The summed E-state index contributed by atoms with van der Waals surface area (Å²) in [5.41, 5.74) is 1.36. The number of nitro benzene ring substituents is 1. The largest absolute Gasteiger partial charge is 0.456 e. The summed E-state index contributed by atoms with van der Waals surface area (Å²) < 4.78 is 17.1. The van der Waals surface area contributed by atoms with Gasteiger partial charge in [-0.15, -0.1) is 0 Å². The number of benzene rings is 1. The molecule has 0 bridgehead atoms. The van der Waals surface area contributed by atoms with Crippen molar-refractivity contribution in [1.29, 1.82) is 0 Å². The number of fused-ring (bicyclic) bond motifs is 3. The number of non-ortho nitro benzene ring substituents is 1. The third-order valence-electron chi connectivity index (χ3n) is 6.91. The van der Waals surface area contributed by atoms with E-state index < -0.39 is 43.3 Å². The smallest absolute Gasteiger partial charge is 0.410 e. The fourth-order valence-corrected chi connectivity index (χ4v) is 6.80. The molecule has 38 heavy (non-hydrogen) atoms. The lowest BCUT2D eigenvalue weighted by molar-refractivity contribution is -0.384. The average molecular weight is 544 g/mol. The van der Waals surface area contributed by atoms with Crippen LogP contribution in [-0.2, 0) is 30.1 Å². The van der Waals surface area contributed by atoms with E-state index in [9.17, 15) is 24.5 Å². The molecule has 2 saturated heterocycles. The van der Waals surface area contributed by atoms with Crippen molar-refractivity contribution in [2.75, 3.05) is 13.2 Å². The Morgan fingerprint density at radius 1 is 1.24 bits per heavy atom. The topological polar surface area (TPSA) is 129 Å². The molecule has 0 aromatic heterocycles. The molecule has 11 nitrogen and oxygen atoms in total. The molecule has 12 heteroatoms. The number of nitrogens with zero attached hydrogens (tertiary/aromatic N) is 3. The van der Waals surface area contributed by atoms with Crippen molar-refractivity contribution < 1.29 is 33.2 Å². The zero-order valence-corrected chi connectivity index (χ0v) is 23.0. The van der Waals surface area contributed by atoms with Gasteiger partial charge < -0.3 is 13.9 Å². The minimum Gasteiger partial charge on any atom is -0.456 e. The summed E-state index contributed by atoms with van der Waals surface area (Å²) in [6.45, 7) is 12.0. The number of hydrogen-bond donors (Lipinski definition) is 0. The predicted octanol–water partition coefficient (Wildman–Crippen LogP) is 3.76. The molecule has 1 aromatic rings. The summed E-state index contributed by atoms with van der Waals surface area (Å²) in [6.07, 6.45) is 1.72. The number of esters is 1. The van der Waals surface area contributed by atoms with Crippen LogP contribution in [0.2, 0.25) is 19.6 Å². The summed E-state index contributed by atoms with van der Waals surface area (Å²) >= 11 is 0. The molecule has 3 heterocycles. The second kappa shape index (κ2) is 10.7. The van der Waals surface area contributed by atoms with Crippen LogP contribution in [0.5, 0.6) is 0 Å². The van der Waals surface area contributed by atoms with E-state index >= 15 is 0 Å². The van der Waals surface area contributed by atoms with E-state index in [2.05, 4.69) is 6.58 Å². The molecule has 4 rings (SSSR count). The maximum Gasteiger partial charge on any atom is 0.410 e. The molecule has 2 fully saturated rings. The Bertz CT molecular complexity index is 1180. The van der Waals surface area contributed by atoms with Crippen LogP contribution in [0, 0.1) is 16.0 Å². The summed E-state index contributed by atoms with van der Waals surface area (Å²) in [7, 11) is -1.97. The standard InChI is InChI=1S/C26H33N3O8Si/c1-6-14-35-26(32)27-13-7-8-19-21(27)23-20(16(2)37-38(3,4)5)24(30)28(23)22(19)25(31)36-15-17-9-11-18(12-10-17)29(33)34/h6,9-12,16,20-21,23H,1,7-8,13-15H2,2-5H3/t16-,20-,21-,23+/m1/s1. The van der Waals surface area contributed by atoms with Crippen LogP contribution in [0.3, 0.4) is 0 Å². The Labute approximate surface area is 222 Å². The molecule has 0 N–H and O–H groups in total. The monoisotopic (exact) mass is 543 g/mol. The molecule has 204 valence electrons. The van der Waals surface area contributed by atoms with Gasteiger partial charge in [0.25, 0.3) is 5.69 Å². The summed E-state index contributed by atoms with van der Waals surface area (Å²) in [5, 5.41) is 10.9. The molecule has 0 spiro atoms. The zero-order valence-electron chi connectivity index (χ0n) is 22.0. The Kier molecular flexibility index (Phi) is 7.74. The van der Waals surface area contributed by atoms with Gasteiger partial charge in [0.2, 0.25) is 5.91 Å². The number of ether oxygens (including phenoxy) is 2. The van der Waals surface area contributed by atoms with Crippen LogP contribution < -0.4 is 0 Å². The summed E-state index contributed by atoms with van der Waals surface area (Å²) in [4.78, 5) is 53.3. The molecular weight excluding hydrogens is 510 g/mol. The molecule has 0 aliphatic carbocycles. The van der Waals surface area contributed by atoms with Gasteiger partial charge in [-0.05, 0) is 62.7 Å². The third-order valence-corrected chi connectivity index (χ3v) is 7.99. The highest BCUT2D eigenvalue weighted by atomic mass is 28.4. The first-order chi connectivity index (χ1) is 17.9. The Morgan fingerprint density at radius 3 is 2.53 bits per heavy atom. The second-order valence-electron chi connectivity index (χ2n) is 10.6. The first-order valence-electron chi connectivity index (χ1n) is 12.6. The molecule has 1 aromatic carbocycles. The van der Waals surface area contributed by atoms with Gasteiger partial charge in [-0.3, -0.25) is 24.7 Å². The SMILES string of the molecule is C=CCOC(=O)N1CCCC2=C(C(=O)OCc3ccc([N+](=O)[O-])cc3)N3C(=O)[C@H]([C@@H](C)O[Si](C)(C)C)[C@H]3[C@@H]21. The van der Waals surface area contributed by atoms with E-state index in [1.165, 1.54) is 35.2 Å². The molecular formula is C26H33N3O8Si. The maximum absolute atomic E-state index is 13.5. The van der Waals surface area contributed by atoms with Crippen LogP contribution in [-0.4, -0.2) is 72.3 Å². The minimum absolute atomic E-state index is 0.0527. The summed E-state index contributed by atoms with van der Waals surface area (Å²) in [6, 6.07) is 4.73. The number of amides is 2. The van der Waals surface area contributed by atoms with E-state index in [0.29, 0.717) is 30.5 Å². The Balaban J connectivity index is 1.61. The van der Waals surface area contributed by atoms with Gasteiger partial charge in [-0.25, -0.2) is 9.59 Å². The molecule has 3 aliphatic rings. The summed E-state index contributed by atoms with van der Waals surface area (Å²) in [5.74, 6) is -1.42. The maximum atomic E-state index is 13.5. The van der Waals surface area contributed by atoms with Gasteiger partial charge in [-0.1, -0.05) is 12.7 Å². The first kappa shape index (κ1) is 27.5. The lowest BCUT2D eigenvalue weighted by Gasteiger charge is -2.51. The highest BCUT2D eigenvalue weighted by Gasteiger charge is 2.64. The number of carbonyl (C=O) groups is 3. The highest BCUT2D eigenvalue weighted by molar-refractivity contribution is 6.69. The van der Waals surface area contributed by atoms with E-state index in [0.717, 1.165) is 0 Å². The Morgan fingerprint density at radius 2 is 1.92 bits per heavy atom. The fraction of sp³-hybridized carbons (Fsp3) is 0.500. The number of β-lactam (4-membered cyclic amide) rings is 1. The van der Waals surface area contributed by atoms with Crippen molar-refractivity contribution in [1.82, 2.24) is 9.80 Å². The minimum atomic E-state index is -1.97. The predicted molar refractivity (Wildman–Crippen MR) is 139 cm³/mol. The lowest BCUT2D eigenvalue weighted by atomic mass is 9.78. The molecule has 0 radical (unpaired) electrons. The quantitative estimate of drug-likeness (QED) is 0.115. The number of likely N-dealkylation sites (tertiary alicyclic amines) is 1. The van der Waals surface area contributed by atoms with Crippen LogP contribution >= 0.6 is 0 Å². The van der Waals surface area contributed by atoms with Crippen LogP contribution in [0.1, 0.15) is 25.3 Å². The number of carbonyl (C=O) groups excluding carboxylic acids is 3. The second-order valence-corrected chi connectivity index (χ2v) is 15.1. The van der Waals surface area contributed by atoms with Crippen LogP contribution in [0.15, 0.2) is 48.2 Å². The number of piperidine rings is 1. The van der Waals surface area contributed by atoms with Crippen molar-refractivity contribution in [2.24, 2.45) is 5.92 Å². The van der Waals surface area contributed by atoms with Crippen molar-refractivity contribution in [2.45, 2.75) is 64.2 Å². The van der Waals surface area contributed by atoms with E-state index in [-0.39, 0.29) is 36.6 Å². The average Bonchev–Trinajstić information content (AvgIpc) is 3.15.